The van der Waals surface area contributed by atoms with Gasteiger partial charge >= 0.3 is 5.97 Å². The van der Waals surface area contributed by atoms with Crippen molar-refractivity contribution in [2.24, 2.45) is 0 Å². The minimum atomic E-state index is -0.698. The number of halogens is 1. The summed E-state index contributed by atoms with van der Waals surface area (Å²) in [7, 11) is 1.20. The fraction of sp³-hybridized carbons (Fsp3) is 0.385. The van der Waals surface area contributed by atoms with Crippen molar-refractivity contribution in [2.45, 2.75) is 13.3 Å². The van der Waals surface area contributed by atoms with Gasteiger partial charge in [0.2, 0.25) is 5.91 Å². The summed E-state index contributed by atoms with van der Waals surface area (Å²) in [5, 5.41) is 5.47. The first-order chi connectivity index (χ1) is 9.08. The number of anilines is 1. The average molecular weight is 268 g/mol. The first-order valence-corrected chi connectivity index (χ1v) is 5.97. The molecular formula is C13H17FN2O3. The van der Waals surface area contributed by atoms with Gasteiger partial charge in [-0.3, -0.25) is 4.79 Å². The van der Waals surface area contributed by atoms with Crippen molar-refractivity contribution in [1.29, 1.82) is 0 Å². The molecule has 1 aromatic rings. The molecule has 0 aliphatic heterocycles. The van der Waals surface area contributed by atoms with Gasteiger partial charge in [0, 0.05) is 0 Å². The highest BCUT2D eigenvalue weighted by Gasteiger charge is 2.14. The number of carbonyl (C=O) groups is 2. The first-order valence-electron chi connectivity index (χ1n) is 5.97. The SMILES string of the molecule is CCCNCC(=O)Nc1ccc(F)cc1C(=O)OC. The number of amides is 1. The zero-order valence-corrected chi connectivity index (χ0v) is 11.0. The van der Waals surface area contributed by atoms with Gasteiger partial charge in [0.1, 0.15) is 5.82 Å². The van der Waals surface area contributed by atoms with Gasteiger partial charge in [0.15, 0.2) is 0 Å². The lowest BCUT2D eigenvalue weighted by atomic mass is 10.1. The Hall–Kier alpha value is -1.95. The van der Waals surface area contributed by atoms with Crippen LogP contribution >= 0.6 is 0 Å². The standard InChI is InChI=1S/C13H17FN2O3/c1-3-6-15-8-12(17)16-11-5-4-9(14)7-10(11)13(18)19-2/h4-5,7,15H,3,6,8H2,1-2H3,(H,16,17). The van der Waals surface area contributed by atoms with Crippen molar-refractivity contribution in [3.05, 3.63) is 29.6 Å². The van der Waals surface area contributed by atoms with E-state index in [-0.39, 0.29) is 23.7 Å². The Labute approximate surface area is 111 Å². The number of ether oxygens (including phenoxy) is 1. The fourth-order valence-corrected chi connectivity index (χ4v) is 1.48. The summed E-state index contributed by atoms with van der Waals surface area (Å²) in [4.78, 5) is 23.1. The summed E-state index contributed by atoms with van der Waals surface area (Å²) in [6.45, 7) is 2.84. The van der Waals surface area contributed by atoms with Crippen molar-refractivity contribution in [1.82, 2.24) is 5.32 Å². The summed E-state index contributed by atoms with van der Waals surface area (Å²) in [5.74, 6) is -1.57. The molecular weight excluding hydrogens is 251 g/mol. The molecule has 0 radical (unpaired) electrons. The van der Waals surface area contributed by atoms with Gasteiger partial charge in [-0.25, -0.2) is 9.18 Å². The van der Waals surface area contributed by atoms with Gasteiger partial charge in [-0.05, 0) is 31.2 Å². The minimum Gasteiger partial charge on any atom is -0.465 e. The summed E-state index contributed by atoms with van der Waals surface area (Å²) in [6, 6.07) is 3.53. The van der Waals surface area contributed by atoms with Crippen LogP contribution in [0.1, 0.15) is 23.7 Å². The molecule has 0 saturated heterocycles. The van der Waals surface area contributed by atoms with Gasteiger partial charge in [0.05, 0.1) is 24.9 Å². The van der Waals surface area contributed by atoms with E-state index in [2.05, 4.69) is 15.4 Å². The lowest BCUT2D eigenvalue weighted by Gasteiger charge is -2.10. The molecule has 19 heavy (non-hydrogen) atoms. The molecule has 6 heteroatoms. The van der Waals surface area contributed by atoms with Crippen molar-refractivity contribution in [3.63, 3.8) is 0 Å². The summed E-state index contributed by atoms with van der Waals surface area (Å²) in [6.07, 6.45) is 0.914. The summed E-state index contributed by atoms with van der Waals surface area (Å²) in [5.41, 5.74) is 0.225. The number of hydrogen-bond donors (Lipinski definition) is 2. The number of methoxy groups -OCH3 is 1. The number of carbonyl (C=O) groups excluding carboxylic acids is 2. The van der Waals surface area contributed by atoms with Crippen LogP contribution in [-0.4, -0.2) is 32.1 Å². The van der Waals surface area contributed by atoms with E-state index < -0.39 is 11.8 Å². The zero-order valence-electron chi connectivity index (χ0n) is 11.0. The van der Waals surface area contributed by atoms with Crippen LogP contribution in [0.2, 0.25) is 0 Å². The molecule has 1 aromatic carbocycles. The quantitative estimate of drug-likeness (QED) is 0.607. The highest BCUT2D eigenvalue weighted by atomic mass is 19.1. The molecule has 0 aliphatic rings. The molecule has 1 rings (SSSR count). The normalized spacial score (nSPS) is 10.1. The number of rotatable bonds is 6. The summed E-state index contributed by atoms with van der Waals surface area (Å²) < 4.78 is 17.6. The van der Waals surface area contributed by atoms with Crippen LogP contribution in [0.4, 0.5) is 10.1 Å². The molecule has 0 atom stereocenters. The molecule has 0 spiro atoms. The van der Waals surface area contributed by atoms with Crippen LogP contribution in [0, 0.1) is 5.82 Å². The lowest BCUT2D eigenvalue weighted by molar-refractivity contribution is -0.115. The molecule has 0 heterocycles. The average Bonchev–Trinajstić information content (AvgIpc) is 2.40. The maximum absolute atomic E-state index is 13.1. The van der Waals surface area contributed by atoms with Gasteiger partial charge in [0.25, 0.3) is 0 Å². The molecule has 5 nitrogen and oxygen atoms in total. The highest BCUT2D eigenvalue weighted by molar-refractivity contribution is 6.01. The largest absolute Gasteiger partial charge is 0.465 e. The van der Waals surface area contributed by atoms with Crippen molar-refractivity contribution >= 4 is 17.6 Å². The van der Waals surface area contributed by atoms with E-state index in [1.165, 1.54) is 19.2 Å². The van der Waals surface area contributed by atoms with Crippen LogP contribution in [0.25, 0.3) is 0 Å². The molecule has 0 bridgehead atoms. The number of esters is 1. The molecule has 104 valence electrons. The van der Waals surface area contributed by atoms with Gasteiger partial charge in [-0.1, -0.05) is 6.92 Å². The Morgan fingerprint density at radius 3 is 2.74 bits per heavy atom. The Balaban J connectivity index is 2.77. The Morgan fingerprint density at radius 2 is 2.11 bits per heavy atom. The van der Waals surface area contributed by atoms with Crippen LogP contribution in [0.5, 0.6) is 0 Å². The second-order valence-corrected chi connectivity index (χ2v) is 3.91. The third kappa shape index (κ3) is 4.67. The van der Waals surface area contributed by atoms with E-state index in [1.807, 2.05) is 6.92 Å². The van der Waals surface area contributed by atoms with E-state index in [9.17, 15) is 14.0 Å². The summed E-state index contributed by atoms with van der Waals surface area (Å²) >= 11 is 0. The van der Waals surface area contributed by atoms with Crippen LogP contribution < -0.4 is 10.6 Å². The lowest BCUT2D eigenvalue weighted by Crippen LogP contribution is -2.29. The van der Waals surface area contributed by atoms with Crippen LogP contribution in [-0.2, 0) is 9.53 Å². The molecule has 0 unspecified atom stereocenters. The smallest absolute Gasteiger partial charge is 0.340 e. The highest BCUT2D eigenvalue weighted by Crippen LogP contribution is 2.17. The Kier molecular flexibility index (Phi) is 5.95. The number of nitrogens with one attached hydrogen (secondary N) is 2. The maximum atomic E-state index is 13.1. The van der Waals surface area contributed by atoms with E-state index in [0.29, 0.717) is 0 Å². The molecule has 1 amide bonds. The fourth-order valence-electron chi connectivity index (χ4n) is 1.48. The van der Waals surface area contributed by atoms with Crippen molar-refractivity contribution < 1.29 is 18.7 Å². The maximum Gasteiger partial charge on any atom is 0.340 e. The van der Waals surface area contributed by atoms with Crippen molar-refractivity contribution in [2.75, 3.05) is 25.5 Å². The van der Waals surface area contributed by atoms with Gasteiger partial charge in [-0.2, -0.15) is 0 Å². The molecule has 0 fully saturated rings. The predicted octanol–water partition coefficient (Wildman–Crippen LogP) is 1.55. The second kappa shape index (κ2) is 7.48. The molecule has 2 N–H and O–H groups in total. The van der Waals surface area contributed by atoms with E-state index >= 15 is 0 Å². The first kappa shape index (κ1) is 15.1. The predicted molar refractivity (Wildman–Crippen MR) is 69.5 cm³/mol. The minimum absolute atomic E-state index is 0.00802. The Morgan fingerprint density at radius 1 is 1.37 bits per heavy atom. The van der Waals surface area contributed by atoms with Gasteiger partial charge in [-0.15, -0.1) is 0 Å². The topological polar surface area (TPSA) is 67.4 Å². The zero-order chi connectivity index (χ0) is 14.3. The molecule has 0 aromatic heterocycles. The monoisotopic (exact) mass is 268 g/mol. The van der Waals surface area contributed by atoms with Crippen molar-refractivity contribution in [3.8, 4) is 0 Å². The second-order valence-electron chi connectivity index (χ2n) is 3.91. The number of benzene rings is 1. The molecule has 0 aliphatic carbocycles. The molecule has 0 saturated carbocycles. The van der Waals surface area contributed by atoms with Gasteiger partial charge < -0.3 is 15.4 Å². The third-order valence-electron chi connectivity index (χ3n) is 2.37. The van der Waals surface area contributed by atoms with E-state index in [4.69, 9.17) is 0 Å². The van der Waals surface area contributed by atoms with Crippen LogP contribution in [0.15, 0.2) is 18.2 Å². The Bertz CT molecular complexity index is 463. The number of hydrogen-bond acceptors (Lipinski definition) is 4. The van der Waals surface area contributed by atoms with Crippen LogP contribution in [0.3, 0.4) is 0 Å². The van der Waals surface area contributed by atoms with E-state index in [0.717, 1.165) is 19.0 Å². The van der Waals surface area contributed by atoms with E-state index in [1.54, 1.807) is 0 Å². The third-order valence-corrected chi connectivity index (χ3v) is 2.37.